The minimum absolute atomic E-state index is 0.0624. The van der Waals surface area contributed by atoms with Crippen LogP contribution in [-0.4, -0.2) is 19.0 Å². The fourth-order valence-electron chi connectivity index (χ4n) is 1.59. The summed E-state index contributed by atoms with van der Waals surface area (Å²) in [5, 5.41) is 6.46. The SMILES string of the molecule is CC(C)CCCNCC(=O)Nc1ccccc1Cl. The standard InChI is InChI=1S/C14H21ClN2O/c1-11(2)6-5-9-16-10-14(18)17-13-8-4-3-7-12(13)15/h3-4,7-8,11,16H,5-6,9-10H2,1-2H3,(H,17,18). The summed E-state index contributed by atoms with van der Waals surface area (Å²) in [6, 6.07) is 7.23. The lowest BCUT2D eigenvalue weighted by Gasteiger charge is -2.08. The van der Waals surface area contributed by atoms with Crippen LogP contribution in [0.1, 0.15) is 26.7 Å². The van der Waals surface area contributed by atoms with Crippen molar-refractivity contribution >= 4 is 23.2 Å². The molecule has 0 saturated carbocycles. The number of hydrogen-bond donors (Lipinski definition) is 2. The van der Waals surface area contributed by atoms with Gasteiger partial charge < -0.3 is 10.6 Å². The average molecular weight is 269 g/mol. The number of anilines is 1. The number of carbonyl (C=O) groups is 1. The Kier molecular flexibility index (Phi) is 6.76. The summed E-state index contributed by atoms with van der Waals surface area (Å²) in [5.74, 6) is 0.649. The van der Waals surface area contributed by atoms with Crippen LogP contribution >= 0.6 is 11.6 Å². The number of amides is 1. The molecule has 0 atom stereocenters. The first-order valence-electron chi connectivity index (χ1n) is 6.34. The highest BCUT2D eigenvalue weighted by Crippen LogP contribution is 2.19. The number of benzene rings is 1. The maximum Gasteiger partial charge on any atom is 0.238 e. The summed E-state index contributed by atoms with van der Waals surface area (Å²) in [5.41, 5.74) is 0.660. The Hall–Kier alpha value is -1.06. The first-order valence-corrected chi connectivity index (χ1v) is 6.72. The van der Waals surface area contributed by atoms with Crippen molar-refractivity contribution < 1.29 is 4.79 Å². The molecular weight excluding hydrogens is 248 g/mol. The van der Waals surface area contributed by atoms with Crippen molar-refractivity contribution in [1.29, 1.82) is 0 Å². The lowest BCUT2D eigenvalue weighted by molar-refractivity contribution is -0.115. The van der Waals surface area contributed by atoms with Crippen molar-refractivity contribution in [2.24, 2.45) is 5.92 Å². The van der Waals surface area contributed by atoms with Gasteiger partial charge in [-0.05, 0) is 37.4 Å². The normalized spacial score (nSPS) is 10.7. The largest absolute Gasteiger partial charge is 0.324 e. The summed E-state index contributed by atoms with van der Waals surface area (Å²) in [6.45, 7) is 5.59. The van der Waals surface area contributed by atoms with E-state index in [4.69, 9.17) is 11.6 Å². The van der Waals surface area contributed by atoms with Crippen LogP contribution in [0.3, 0.4) is 0 Å². The third kappa shape index (κ3) is 6.03. The molecule has 0 radical (unpaired) electrons. The van der Waals surface area contributed by atoms with Gasteiger partial charge >= 0.3 is 0 Å². The Morgan fingerprint density at radius 2 is 2.06 bits per heavy atom. The summed E-state index contributed by atoms with van der Waals surface area (Å²) < 4.78 is 0. The zero-order valence-electron chi connectivity index (χ0n) is 11.0. The lowest BCUT2D eigenvalue weighted by Crippen LogP contribution is -2.28. The molecule has 0 aliphatic heterocycles. The molecule has 1 rings (SSSR count). The van der Waals surface area contributed by atoms with Crippen molar-refractivity contribution in [3.63, 3.8) is 0 Å². The first kappa shape index (κ1) is 15.0. The van der Waals surface area contributed by atoms with Crippen LogP contribution in [0.25, 0.3) is 0 Å². The lowest BCUT2D eigenvalue weighted by atomic mass is 10.1. The third-order valence-corrected chi connectivity index (χ3v) is 2.90. The Bertz CT molecular complexity index is 380. The molecule has 0 spiro atoms. The number of halogens is 1. The second-order valence-corrected chi connectivity index (χ2v) is 5.15. The number of rotatable bonds is 7. The van der Waals surface area contributed by atoms with Crippen LogP contribution in [-0.2, 0) is 4.79 Å². The number of carbonyl (C=O) groups excluding carboxylic acids is 1. The molecule has 18 heavy (non-hydrogen) atoms. The molecule has 0 fully saturated rings. The van der Waals surface area contributed by atoms with Crippen LogP contribution in [0.15, 0.2) is 24.3 Å². The van der Waals surface area contributed by atoms with E-state index in [1.54, 1.807) is 12.1 Å². The minimum atomic E-state index is -0.0624. The van der Waals surface area contributed by atoms with Crippen molar-refractivity contribution in [2.45, 2.75) is 26.7 Å². The second-order valence-electron chi connectivity index (χ2n) is 4.74. The van der Waals surface area contributed by atoms with E-state index in [0.29, 0.717) is 23.2 Å². The smallest absolute Gasteiger partial charge is 0.238 e. The van der Waals surface area contributed by atoms with Crippen LogP contribution < -0.4 is 10.6 Å². The van der Waals surface area contributed by atoms with E-state index in [0.717, 1.165) is 13.0 Å². The molecule has 4 heteroatoms. The quantitative estimate of drug-likeness (QED) is 0.745. The van der Waals surface area contributed by atoms with Crippen LogP contribution in [0.5, 0.6) is 0 Å². The average Bonchev–Trinajstić information content (AvgIpc) is 2.31. The molecule has 100 valence electrons. The van der Waals surface area contributed by atoms with Crippen LogP contribution in [0, 0.1) is 5.92 Å². The summed E-state index contributed by atoms with van der Waals surface area (Å²) in [7, 11) is 0. The van der Waals surface area contributed by atoms with E-state index in [-0.39, 0.29) is 5.91 Å². The van der Waals surface area contributed by atoms with Crippen molar-refractivity contribution in [3.8, 4) is 0 Å². The molecule has 0 saturated heterocycles. The van der Waals surface area contributed by atoms with Crippen molar-refractivity contribution in [1.82, 2.24) is 5.32 Å². The third-order valence-electron chi connectivity index (χ3n) is 2.57. The van der Waals surface area contributed by atoms with Gasteiger partial charge in [0.1, 0.15) is 0 Å². The fraction of sp³-hybridized carbons (Fsp3) is 0.500. The Morgan fingerprint density at radius 1 is 1.33 bits per heavy atom. The maximum atomic E-state index is 11.6. The second kappa shape index (κ2) is 8.11. The fourth-order valence-corrected chi connectivity index (χ4v) is 1.78. The van der Waals surface area contributed by atoms with Gasteiger partial charge in [0.25, 0.3) is 0 Å². The minimum Gasteiger partial charge on any atom is -0.324 e. The highest BCUT2D eigenvalue weighted by molar-refractivity contribution is 6.33. The molecule has 3 nitrogen and oxygen atoms in total. The van der Waals surface area contributed by atoms with E-state index in [2.05, 4.69) is 24.5 Å². The van der Waals surface area contributed by atoms with Gasteiger partial charge in [-0.1, -0.05) is 37.6 Å². The van der Waals surface area contributed by atoms with Gasteiger partial charge in [0.2, 0.25) is 5.91 Å². The van der Waals surface area contributed by atoms with Crippen LogP contribution in [0.4, 0.5) is 5.69 Å². The van der Waals surface area contributed by atoms with E-state index in [1.807, 2.05) is 12.1 Å². The van der Waals surface area contributed by atoms with E-state index in [9.17, 15) is 4.79 Å². The molecule has 0 unspecified atom stereocenters. The zero-order chi connectivity index (χ0) is 13.4. The number of nitrogens with one attached hydrogen (secondary N) is 2. The summed E-state index contributed by atoms with van der Waals surface area (Å²) >= 11 is 5.95. The van der Waals surface area contributed by atoms with Gasteiger partial charge in [0.05, 0.1) is 17.3 Å². The molecule has 0 heterocycles. The maximum absolute atomic E-state index is 11.6. The Morgan fingerprint density at radius 3 is 2.72 bits per heavy atom. The molecule has 2 N–H and O–H groups in total. The summed E-state index contributed by atoms with van der Waals surface area (Å²) in [4.78, 5) is 11.6. The van der Waals surface area contributed by atoms with E-state index in [1.165, 1.54) is 6.42 Å². The summed E-state index contributed by atoms with van der Waals surface area (Å²) in [6.07, 6.45) is 2.27. The molecule has 1 aromatic carbocycles. The van der Waals surface area contributed by atoms with Crippen LogP contribution in [0.2, 0.25) is 5.02 Å². The van der Waals surface area contributed by atoms with Crippen molar-refractivity contribution in [3.05, 3.63) is 29.3 Å². The van der Waals surface area contributed by atoms with Crippen molar-refractivity contribution in [2.75, 3.05) is 18.4 Å². The molecule has 0 aliphatic carbocycles. The first-order chi connectivity index (χ1) is 8.59. The van der Waals surface area contributed by atoms with Gasteiger partial charge in [-0.3, -0.25) is 4.79 Å². The molecule has 0 bridgehead atoms. The monoisotopic (exact) mass is 268 g/mol. The molecule has 1 amide bonds. The van der Waals surface area contributed by atoms with Gasteiger partial charge in [0, 0.05) is 0 Å². The molecule has 1 aromatic rings. The molecular formula is C14H21ClN2O. The Balaban J connectivity index is 2.20. The number of para-hydroxylation sites is 1. The van der Waals surface area contributed by atoms with Gasteiger partial charge in [-0.25, -0.2) is 0 Å². The van der Waals surface area contributed by atoms with Gasteiger partial charge in [-0.2, -0.15) is 0 Å². The van der Waals surface area contributed by atoms with Gasteiger partial charge in [0.15, 0.2) is 0 Å². The van der Waals surface area contributed by atoms with E-state index >= 15 is 0 Å². The highest BCUT2D eigenvalue weighted by atomic mass is 35.5. The van der Waals surface area contributed by atoms with E-state index < -0.39 is 0 Å². The van der Waals surface area contributed by atoms with Gasteiger partial charge in [-0.15, -0.1) is 0 Å². The molecule has 0 aromatic heterocycles. The topological polar surface area (TPSA) is 41.1 Å². The number of hydrogen-bond acceptors (Lipinski definition) is 2. The molecule has 0 aliphatic rings. The zero-order valence-corrected chi connectivity index (χ0v) is 11.8. The Labute approximate surface area is 114 Å². The predicted molar refractivity (Wildman–Crippen MR) is 77.0 cm³/mol. The highest BCUT2D eigenvalue weighted by Gasteiger charge is 2.04. The predicted octanol–water partition coefficient (Wildman–Crippen LogP) is 3.30.